The first-order valence-corrected chi connectivity index (χ1v) is 8.82. The highest BCUT2D eigenvalue weighted by Gasteiger charge is 2.27. The molecule has 0 saturated heterocycles. The van der Waals surface area contributed by atoms with E-state index in [1.54, 1.807) is 43.3 Å². The van der Waals surface area contributed by atoms with Crippen LogP contribution < -0.4 is 20.1 Å². The molecule has 8 nitrogen and oxygen atoms in total. The van der Waals surface area contributed by atoms with Gasteiger partial charge in [0, 0.05) is 12.1 Å². The van der Waals surface area contributed by atoms with Crippen LogP contribution in [-0.2, 0) is 9.53 Å². The highest BCUT2D eigenvalue weighted by atomic mass is 16.6. The van der Waals surface area contributed by atoms with Gasteiger partial charge in [-0.15, -0.1) is 0 Å². The van der Waals surface area contributed by atoms with Gasteiger partial charge in [-0.2, -0.15) is 0 Å². The number of fused-ring (bicyclic) bond motifs is 1. The van der Waals surface area contributed by atoms with Gasteiger partial charge in [-0.25, -0.2) is 9.59 Å². The average molecular weight is 384 g/mol. The second kappa shape index (κ2) is 8.90. The summed E-state index contributed by atoms with van der Waals surface area (Å²) in [6, 6.07) is 12.4. The van der Waals surface area contributed by atoms with E-state index in [-0.39, 0.29) is 5.56 Å². The number of rotatable bonds is 5. The number of amides is 3. The van der Waals surface area contributed by atoms with E-state index < -0.39 is 24.0 Å². The number of benzene rings is 2. The number of nitrogens with one attached hydrogen (secondary N) is 2. The van der Waals surface area contributed by atoms with Crippen LogP contribution in [0.15, 0.2) is 48.5 Å². The molecule has 146 valence electrons. The number of ether oxygens (including phenoxy) is 3. The molecular formula is C20H20N2O6. The van der Waals surface area contributed by atoms with Crippen LogP contribution in [0.5, 0.6) is 11.5 Å². The van der Waals surface area contributed by atoms with Crippen molar-refractivity contribution in [2.24, 2.45) is 0 Å². The highest BCUT2D eigenvalue weighted by molar-refractivity contribution is 5.99. The summed E-state index contributed by atoms with van der Waals surface area (Å²) < 4.78 is 16.3. The van der Waals surface area contributed by atoms with E-state index in [0.29, 0.717) is 36.8 Å². The van der Waals surface area contributed by atoms with Gasteiger partial charge in [-0.05, 0) is 25.1 Å². The Bertz CT molecular complexity index is 868. The van der Waals surface area contributed by atoms with Crippen molar-refractivity contribution in [2.75, 3.05) is 19.8 Å². The van der Waals surface area contributed by atoms with E-state index in [0.717, 1.165) is 0 Å². The van der Waals surface area contributed by atoms with Crippen molar-refractivity contribution >= 4 is 17.9 Å². The third kappa shape index (κ3) is 4.59. The standard InChI is InChI=1S/C20H20N2O6/c1-2-21-20(25)22-18(23)17(13-6-4-3-5-7-13)28-19(24)14-8-9-15-16(12-14)27-11-10-26-15/h3-9,12,17H,2,10-11H2,1H3,(H2,21,22,23,25)/t17-/m0/s1. The second-order valence-electron chi connectivity index (χ2n) is 5.90. The largest absolute Gasteiger partial charge is 0.486 e. The summed E-state index contributed by atoms with van der Waals surface area (Å²) in [7, 11) is 0. The van der Waals surface area contributed by atoms with Crippen molar-refractivity contribution in [2.45, 2.75) is 13.0 Å². The molecule has 8 heteroatoms. The van der Waals surface area contributed by atoms with Crippen LogP contribution in [0, 0.1) is 0 Å². The zero-order valence-electron chi connectivity index (χ0n) is 15.3. The lowest BCUT2D eigenvalue weighted by atomic mass is 10.1. The minimum absolute atomic E-state index is 0.205. The maximum absolute atomic E-state index is 12.6. The molecule has 1 heterocycles. The maximum Gasteiger partial charge on any atom is 0.339 e. The molecule has 1 aliphatic rings. The van der Waals surface area contributed by atoms with Crippen LogP contribution in [0.25, 0.3) is 0 Å². The molecule has 28 heavy (non-hydrogen) atoms. The zero-order valence-corrected chi connectivity index (χ0v) is 15.3. The summed E-state index contributed by atoms with van der Waals surface area (Å²) in [5.41, 5.74) is 0.645. The molecule has 0 unspecified atom stereocenters. The third-order valence-corrected chi connectivity index (χ3v) is 3.92. The van der Waals surface area contributed by atoms with Crippen molar-refractivity contribution in [1.82, 2.24) is 10.6 Å². The van der Waals surface area contributed by atoms with Gasteiger partial charge >= 0.3 is 12.0 Å². The first kappa shape index (κ1) is 19.2. The van der Waals surface area contributed by atoms with Gasteiger partial charge < -0.3 is 19.5 Å². The van der Waals surface area contributed by atoms with E-state index in [9.17, 15) is 14.4 Å². The van der Waals surface area contributed by atoms with Crippen LogP contribution in [0.2, 0.25) is 0 Å². The lowest BCUT2D eigenvalue weighted by Crippen LogP contribution is -2.42. The Morgan fingerprint density at radius 1 is 1.04 bits per heavy atom. The second-order valence-corrected chi connectivity index (χ2v) is 5.90. The van der Waals surface area contributed by atoms with Crippen molar-refractivity contribution < 1.29 is 28.6 Å². The molecular weight excluding hydrogens is 364 g/mol. The molecule has 1 atom stereocenters. The molecule has 1 aliphatic heterocycles. The number of carbonyl (C=O) groups excluding carboxylic acids is 3. The minimum atomic E-state index is -1.29. The number of esters is 1. The van der Waals surface area contributed by atoms with Crippen molar-refractivity contribution in [3.05, 3.63) is 59.7 Å². The first-order chi connectivity index (χ1) is 13.6. The van der Waals surface area contributed by atoms with Gasteiger partial charge in [-0.3, -0.25) is 10.1 Å². The van der Waals surface area contributed by atoms with Gasteiger partial charge in [0.2, 0.25) is 6.10 Å². The molecule has 0 spiro atoms. The first-order valence-electron chi connectivity index (χ1n) is 8.82. The monoisotopic (exact) mass is 384 g/mol. The summed E-state index contributed by atoms with van der Waals surface area (Å²) in [5.74, 6) is -0.500. The molecule has 3 amide bonds. The molecule has 3 rings (SSSR count). The summed E-state index contributed by atoms with van der Waals surface area (Å²) in [5, 5.41) is 4.64. The third-order valence-electron chi connectivity index (χ3n) is 3.92. The molecule has 0 bridgehead atoms. The highest BCUT2D eigenvalue weighted by Crippen LogP contribution is 2.31. The molecule has 0 aromatic heterocycles. The number of urea groups is 1. The molecule has 2 N–H and O–H groups in total. The smallest absolute Gasteiger partial charge is 0.339 e. The van der Waals surface area contributed by atoms with E-state index >= 15 is 0 Å². The molecule has 2 aromatic carbocycles. The van der Waals surface area contributed by atoms with Crippen LogP contribution in [0.3, 0.4) is 0 Å². The molecule has 0 fully saturated rings. The maximum atomic E-state index is 12.6. The van der Waals surface area contributed by atoms with Crippen LogP contribution in [-0.4, -0.2) is 37.7 Å². The van der Waals surface area contributed by atoms with Crippen LogP contribution >= 0.6 is 0 Å². The zero-order chi connectivity index (χ0) is 19.9. The van der Waals surface area contributed by atoms with Gasteiger partial charge in [-0.1, -0.05) is 30.3 Å². The molecule has 0 aliphatic carbocycles. The van der Waals surface area contributed by atoms with E-state index in [2.05, 4.69) is 10.6 Å². The van der Waals surface area contributed by atoms with Gasteiger partial charge in [0.1, 0.15) is 13.2 Å². The van der Waals surface area contributed by atoms with Crippen molar-refractivity contribution in [3.8, 4) is 11.5 Å². The lowest BCUT2D eigenvalue weighted by molar-refractivity contribution is -0.129. The number of hydrogen-bond acceptors (Lipinski definition) is 6. The number of carbonyl (C=O) groups is 3. The Labute approximate surface area is 161 Å². The number of hydrogen-bond donors (Lipinski definition) is 2. The fourth-order valence-electron chi connectivity index (χ4n) is 2.63. The van der Waals surface area contributed by atoms with Gasteiger partial charge in [0.25, 0.3) is 5.91 Å². The SMILES string of the molecule is CCNC(=O)NC(=O)[C@@H](OC(=O)c1ccc2c(c1)OCCO2)c1ccccc1. The van der Waals surface area contributed by atoms with E-state index in [4.69, 9.17) is 14.2 Å². The summed E-state index contributed by atoms with van der Waals surface area (Å²) in [6.45, 7) is 2.90. The predicted octanol–water partition coefficient (Wildman–Crippen LogP) is 2.20. The van der Waals surface area contributed by atoms with Crippen LogP contribution in [0.1, 0.15) is 28.9 Å². The molecule has 0 saturated carbocycles. The van der Waals surface area contributed by atoms with Crippen molar-refractivity contribution in [3.63, 3.8) is 0 Å². The Morgan fingerprint density at radius 2 is 1.75 bits per heavy atom. The Hall–Kier alpha value is -3.55. The van der Waals surface area contributed by atoms with E-state index in [1.165, 1.54) is 12.1 Å². The fraction of sp³-hybridized carbons (Fsp3) is 0.250. The van der Waals surface area contributed by atoms with Crippen molar-refractivity contribution in [1.29, 1.82) is 0 Å². The molecule has 2 aromatic rings. The van der Waals surface area contributed by atoms with E-state index in [1.807, 2.05) is 0 Å². The lowest BCUT2D eigenvalue weighted by Gasteiger charge is -2.20. The summed E-state index contributed by atoms with van der Waals surface area (Å²) >= 11 is 0. The quantitative estimate of drug-likeness (QED) is 0.766. The summed E-state index contributed by atoms with van der Waals surface area (Å²) in [4.78, 5) is 36.9. The predicted molar refractivity (Wildman–Crippen MR) is 99.2 cm³/mol. The van der Waals surface area contributed by atoms with Gasteiger partial charge in [0.15, 0.2) is 11.5 Å². The Balaban J connectivity index is 1.79. The Morgan fingerprint density at radius 3 is 2.46 bits per heavy atom. The topological polar surface area (TPSA) is 103 Å². The normalized spacial score (nSPS) is 13.2. The Kier molecular flexibility index (Phi) is 6.11. The summed E-state index contributed by atoms with van der Waals surface area (Å²) in [6.07, 6.45) is -1.29. The van der Waals surface area contributed by atoms with Crippen LogP contribution in [0.4, 0.5) is 4.79 Å². The molecule has 0 radical (unpaired) electrons. The van der Waals surface area contributed by atoms with Gasteiger partial charge in [0.05, 0.1) is 5.56 Å². The number of imide groups is 1. The average Bonchev–Trinajstić information content (AvgIpc) is 2.72. The minimum Gasteiger partial charge on any atom is -0.486 e. The fourth-order valence-corrected chi connectivity index (χ4v) is 2.63.